The zero-order valence-electron chi connectivity index (χ0n) is 12.6. The molecule has 0 aliphatic carbocycles. The van der Waals surface area contributed by atoms with Gasteiger partial charge in [0.1, 0.15) is 12.4 Å². The first-order valence-electron chi connectivity index (χ1n) is 7.36. The minimum Gasteiger partial charge on any atom is -0.488 e. The summed E-state index contributed by atoms with van der Waals surface area (Å²) < 4.78 is 6.03. The molecule has 3 rings (SSSR count). The molecule has 0 unspecified atom stereocenters. The summed E-state index contributed by atoms with van der Waals surface area (Å²) in [6, 6.07) is 24.3. The number of hydrogen-bond acceptors (Lipinski definition) is 2. The van der Waals surface area contributed by atoms with Crippen molar-refractivity contribution in [1.29, 1.82) is 0 Å². The zero-order chi connectivity index (χ0) is 15.4. The summed E-state index contributed by atoms with van der Waals surface area (Å²) >= 11 is 0. The van der Waals surface area contributed by atoms with Crippen LogP contribution in [0.2, 0.25) is 0 Å². The highest BCUT2D eigenvalue weighted by molar-refractivity contribution is 5.74. The van der Waals surface area contributed by atoms with Crippen molar-refractivity contribution in [3.05, 3.63) is 83.9 Å². The van der Waals surface area contributed by atoms with Gasteiger partial charge in [-0.3, -0.25) is 0 Å². The van der Waals surface area contributed by atoms with Crippen LogP contribution in [0.25, 0.3) is 11.1 Å². The summed E-state index contributed by atoms with van der Waals surface area (Å²) in [7, 11) is 0. The molecule has 0 aromatic heterocycles. The lowest BCUT2D eigenvalue weighted by Gasteiger charge is -2.14. The Kier molecular flexibility index (Phi) is 4.10. The van der Waals surface area contributed by atoms with Gasteiger partial charge in [0.05, 0.1) is 0 Å². The van der Waals surface area contributed by atoms with Crippen molar-refractivity contribution in [3.63, 3.8) is 0 Å². The molecule has 0 aliphatic heterocycles. The van der Waals surface area contributed by atoms with E-state index in [2.05, 4.69) is 31.2 Å². The highest BCUT2D eigenvalue weighted by Gasteiger charge is 2.08. The van der Waals surface area contributed by atoms with Gasteiger partial charge in [-0.25, -0.2) is 0 Å². The van der Waals surface area contributed by atoms with Crippen LogP contribution in [0.3, 0.4) is 0 Å². The van der Waals surface area contributed by atoms with Crippen molar-refractivity contribution in [2.24, 2.45) is 0 Å². The van der Waals surface area contributed by atoms with Crippen molar-refractivity contribution in [2.75, 3.05) is 5.73 Å². The zero-order valence-corrected chi connectivity index (χ0v) is 12.6. The Labute approximate surface area is 131 Å². The van der Waals surface area contributed by atoms with Gasteiger partial charge < -0.3 is 10.5 Å². The average Bonchev–Trinajstić information content (AvgIpc) is 2.54. The molecule has 0 spiro atoms. The van der Waals surface area contributed by atoms with Crippen molar-refractivity contribution in [2.45, 2.75) is 13.5 Å². The molecule has 2 nitrogen and oxygen atoms in total. The summed E-state index contributed by atoms with van der Waals surface area (Å²) in [5.74, 6) is 0.888. The van der Waals surface area contributed by atoms with Crippen LogP contribution in [0.5, 0.6) is 5.75 Å². The molecule has 0 saturated heterocycles. The minimum absolute atomic E-state index is 0.561. The Bertz CT molecular complexity index is 766. The number of benzene rings is 3. The molecule has 0 heterocycles. The highest BCUT2D eigenvalue weighted by Crippen LogP contribution is 2.33. The third kappa shape index (κ3) is 3.12. The van der Waals surface area contributed by atoms with Crippen molar-refractivity contribution < 1.29 is 4.74 Å². The first-order chi connectivity index (χ1) is 10.7. The first kappa shape index (κ1) is 14.2. The van der Waals surface area contributed by atoms with E-state index in [-0.39, 0.29) is 0 Å². The molecule has 0 fully saturated rings. The predicted molar refractivity (Wildman–Crippen MR) is 91.8 cm³/mol. The molecule has 22 heavy (non-hydrogen) atoms. The minimum atomic E-state index is 0.561. The van der Waals surface area contributed by atoms with E-state index in [9.17, 15) is 0 Å². The Morgan fingerprint density at radius 2 is 1.55 bits per heavy atom. The number of para-hydroxylation sites is 1. The number of anilines is 1. The van der Waals surface area contributed by atoms with Crippen LogP contribution in [-0.2, 0) is 6.61 Å². The van der Waals surface area contributed by atoms with Crippen molar-refractivity contribution >= 4 is 5.69 Å². The third-order valence-corrected chi connectivity index (χ3v) is 3.66. The van der Waals surface area contributed by atoms with Gasteiger partial charge in [-0.2, -0.15) is 0 Å². The maximum absolute atomic E-state index is 6.03. The van der Waals surface area contributed by atoms with E-state index in [0.29, 0.717) is 6.61 Å². The maximum atomic E-state index is 6.03. The van der Waals surface area contributed by atoms with E-state index in [1.54, 1.807) is 0 Å². The van der Waals surface area contributed by atoms with E-state index in [0.717, 1.165) is 33.7 Å². The lowest BCUT2D eigenvalue weighted by Crippen LogP contribution is -1.97. The van der Waals surface area contributed by atoms with Gasteiger partial charge in [-0.05, 0) is 41.8 Å². The fourth-order valence-corrected chi connectivity index (χ4v) is 2.54. The fourth-order valence-electron chi connectivity index (χ4n) is 2.54. The summed E-state index contributed by atoms with van der Waals surface area (Å²) in [5, 5.41) is 0. The summed E-state index contributed by atoms with van der Waals surface area (Å²) in [6.07, 6.45) is 0. The van der Waals surface area contributed by atoms with E-state index < -0.39 is 0 Å². The molecule has 3 aromatic rings. The normalized spacial score (nSPS) is 10.4. The van der Waals surface area contributed by atoms with E-state index in [4.69, 9.17) is 10.5 Å². The molecule has 0 aliphatic rings. The number of aryl methyl sites for hydroxylation is 1. The van der Waals surface area contributed by atoms with Crippen LogP contribution in [0, 0.1) is 6.92 Å². The van der Waals surface area contributed by atoms with Crippen LogP contribution >= 0.6 is 0 Å². The molecule has 2 heteroatoms. The predicted octanol–water partition coefficient (Wildman–Crippen LogP) is 4.82. The van der Waals surface area contributed by atoms with Crippen molar-refractivity contribution in [1.82, 2.24) is 0 Å². The van der Waals surface area contributed by atoms with Crippen LogP contribution in [0.1, 0.15) is 11.1 Å². The second-order valence-corrected chi connectivity index (χ2v) is 5.34. The SMILES string of the molecule is Cc1cc(N)ccc1-c1ccccc1OCc1ccccc1. The Balaban J connectivity index is 1.90. The highest BCUT2D eigenvalue weighted by atomic mass is 16.5. The van der Waals surface area contributed by atoms with Crippen LogP contribution in [0.15, 0.2) is 72.8 Å². The standard InChI is InChI=1S/C20H19NO/c1-15-13-17(21)11-12-18(15)19-9-5-6-10-20(19)22-14-16-7-3-2-4-8-16/h2-13H,14,21H2,1H3. The smallest absolute Gasteiger partial charge is 0.127 e. The molecule has 0 amide bonds. The van der Waals surface area contributed by atoms with Gasteiger partial charge in [0.2, 0.25) is 0 Å². The molecule has 3 aromatic carbocycles. The monoisotopic (exact) mass is 289 g/mol. The quantitative estimate of drug-likeness (QED) is 0.699. The van der Waals surface area contributed by atoms with Gasteiger partial charge in [0, 0.05) is 11.3 Å². The lowest BCUT2D eigenvalue weighted by atomic mass is 9.99. The van der Waals surface area contributed by atoms with Crippen LogP contribution < -0.4 is 10.5 Å². The lowest BCUT2D eigenvalue weighted by molar-refractivity contribution is 0.307. The Hall–Kier alpha value is -2.74. The molecule has 0 atom stereocenters. The van der Waals surface area contributed by atoms with E-state index in [1.165, 1.54) is 0 Å². The number of ether oxygens (including phenoxy) is 1. The molecule has 2 N–H and O–H groups in total. The Morgan fingerprint density at radius 1 is 0.818 bits per heavy atom. The summed E-state index contributed by atoms with van der Waals surface area (Å²) in [4.78, 5) is 0. The van der Waals surface area contributed by atoms with E-state index in [1.807, 2.05) is 48.5 Å². The molecule has 0 bridgehead atoms. The van der Waals surface area contributed by atoms with Gasteiger partial charge in [-0.1, -0.05) is 54.6 Å². The third-order valence-electron chi connectivity index (χ3n) is 3.66. The second kappa shape index (κ2) is 6.35. The van der Waals surface area contributed by atoms with Crippen molar-refractivity contribution in [3.8, 4) is 16.9 Å². The topological polar surface area (TPSA) is 35.2 Å². The molecule has 110 valence electrons. The van der Waals surface area contributed by atoms with Crippen LogP contribution in [-0.4, -0.2) is 0 Å². The number of nitrogen functional groups attached to an aromatic ring is 1. The molecule has 0 saturated carbocycles. The molecular formula is C20H19NO. The molecular weight excluding hydrogens is 270 g/mol. The number of hydrogen-bond donors (Lipinski definition) is 1. The maximum Gasteiger partial charge on any atom is 0.127 e. The molecule has 0 radical (unpaired) electrons. The summed E-state index contributed by atoms with van der Waals surface area (Å²) in [6.45, 7) is 2.63. The number of nitrogens with two attached hydrogens (primary N) is 1. The van der Waals surface area contributed by atoms with Gasteiger partial charge in [0.15, 0.2) is 0 Å². The number of rotatable bonds is 4. The van der Waals surface area contributed by atoms with E-state index >= 15 is 0 Å². The first-order valence-corrected chi connectivity index (χ1v) is 7.36. The van der Waals surface area contributed by atoms with Gasteiger partial charge in [0.25, 0.3) is 0 Å². The largest absolute Gasteiger partial charge is 0.488 e. The summed E-state index contributed by atoms with van der Waals surface area (Å²) in [5.41, 5.74) is 11.2. The average molecular weight is 289 g/mol. The van der Waals surface area contributed by atoms with Gasteiger partial charge >= 0.3 is 0 Å². The van der Waals surface area contributed by atoms with Gasteiger partial charge in [-0.15, -0.1) is 0 Å². The Morgan fingerprint density at radius 3 is 2.32 bits per heavy atom. The fraction of sp³-hybridized carbons (Fsp3) is 0.100. The second-order valence-electron chi connectivity index (χ2n) is 5.34. The van der Waals surface area contributed by atoms with Crippen LogP contribution in [0.4, 0.5) is 5.69 Å².